The number of aromatic amines is 2. The molecule has 1 saturated carbocycles. The third kappa shape index (κ3) is 2.73. The Hall–Kier alpha value is -1.63. The van der Waals surface area contributed by atoms with Crippen LogP contribution < -0.4 is 21.7 Å². The first-order valence-electron chi connectivity index (χ1n) is 5.72. The largest absolute Gasteiger partial charge is 0.472 e. The first kappa shape index (κ1) is 11.8. The number of nitrogens with one attached hydrogen (secondary N) is 2. The molecule has 1 aliphatic rings. The van der Waals surface area contributed by atoms with E-state index in [9.17, 15) is 9.59 Å². The van der Waals surface area contributed by atoms with E-state index in [0.717, 1.165) is 19.3 Å². The summed E-state index contributed by atoms with van der Waals surface area (Å²) in [6, 6.07) is 0. The summed E-state index contributed by atoms with van der Waals surface area (Å²) < 4.78 is 5.33. The monoisotopic (exact) mass is 240 g/mol. The maximum atomic E-state index is 11.3. The van der Waals surface area contributed by atoms with Crippen molar-refractivity contribution in [2.24, 2.45) is 17.6 Å². The van der Waals surface area contributed by atoms with Crippen molar-refractivity contribution in [1.29, 1.82) is 0 Å². The van der Waals surface area contributed by atoms with Crippen molar-refractivity contribution >= 4 is 0 Å². The molecule has 17 heavy (non-hydrogen) atoms. The van der Waals surface area contributed by atoms with Crippen LogP contribution in [0.15, 0.2) is 9.59 Å². The zero-order valence-electron chi connectivity index (χ0n) is 9.44. The topological polar surface area (TPSA) is 114 Å². The Morgan fingerprint density at radius 1 is 1.35 bits per heavy atom. The smallest absolute Gasteiger partial charge is 0.342 e. The predicted molar refractivity (Wildman–Crippen MR) is 60.9 cm³/mol. The second-order valence-corrected chi connectivity index (χ2v) is 4.31. The summed E-state index contributed by atoms with van der Waals surface area (Å²) >= 11 is 0. The molecule has 7 heteroatoms. The first-order chi connectivity index (χ1) is 8.20. The molecule has 2 rings (SSSR count). The average molecular weight is 240 g/mol. The van der Waals surface area contributed by atoms with Gasteiger partial charge < -0.3 is 10.5 Å². The molecule has 7 nitrogen and oxygen atoms in total. The minimum absolute atomic E-state index is 0.0905. The number of ether oxygens (including phenoxy) is 1. The fraction of sp³-hybridized carbons (Fsp3) is 0.700. The van der Waals surface area contributed by atoms with Crippen LogP contribution in [0.25, 0.3) is 0 Å². The number of hydrogen-bond donors (Lipinski definition) is 3. The van der Waals surface area contributed by atoms with Crippen LogP contribution in [0.1, 0.15) is 19.3 Å². The minimum Gasteiger partial charge on any atom is -0.472 e. The second kappa shape index (κ2) is 5.13. The highest BCUT2D eigenvalue weighted by Gasteiger charge is 2.26. The van der Waals surface area contributed by atoms with Crippen molar-refractivity contribution < 1.29 is 4.74 Å². The lowest BCUT2D eigenvalue weighted by Crippen LogP contribution is -2.28. The molecule has 0 bridgehead atoms. The highest BCUT2D eigenvalue weighted by atomic mass is 16.5. The van der Waals surface area contributed by atoms with Crippen LogP contribution >= 0.6 is 0 Å². The zero-order valence-corrected chi connectivity index (χ0v) is 9.44. The van der Waals surface area contributed by atoms with E-state index in [4.69, 9.17) is 10.5 Å². The van der Waals surface area contributed by atoms with Gasteiger partial charge in [0.25, 0.3) is 5.88 Å². The quantitative estimate of drug-likeness (QED) is 0.638. The lowest BCUT2D eigenvalue weighted by Gasteiger charge is -2.17. The SMILES string of the molecule is NCC1CCCC1COc1n[nH]c(=O)[nH]c1=O. The van der Waals surface area contributed by atoms with Crippen LogP contribution in [0.5, 0.6) is 5.88 Å². The average Bonchev–Trinajstić information content (AvgIpc) is 2.75. The number of aromatic nitrogens is 3. The molecule has 0 spiro atoms. The molecule has 1 aromatic heterocycles. The summed E-state index contributed by atoms with van der Waals surface area (Å²) in [5.41, 5.74) is 4.42. The van der Waals surface area contributed by atoms with Gasteiger partial charge in [-0.2, -0.15) is 0 Å². The molecule has 0 amide bonds. The predicted octanol–water partition coefficient (Wildman–Crippen LogP) is -0.788. The normalized spacial score (nSPS) is 23.8. The molecular formula is C10H16N4O3. The van der Waals surface area contributed by atoms with Crippen LogP contribution in [0.3, 0.4) is 0 Å². The van der Waals surface area contributed by atoms with Crippen molar-refractivity contribution in [3.63, 3.8) is 0 Å². The zero-order chi connectivity index (χ0) is 12.3. The standard InChI is InChI=1S/C10H16N4O3/c11-4-6-2-1-3-7(6)5-17-9-8(15)12-10(16)14-13-9/h6-7H,1-5,11H2,(H2,12,14,15,16). The number of nitrogens with two attached hydrogens (primary N) is 1. The van der Waals surface area contributed by atoms with Crippen molar-refractivity contribution in [1.82, 2.24) is 15.2 Å². The fourth-order valence-corrected chi connectivity index (χ4v) is 2.26. The molecular weight excluding hydrogens is 224 g/mol. The third-order valence-corrected chi connectivity index (χ3v) is 3.23. The molecule has 1 fully saturated rings. The van der Waals surface area contributed by atoms with Crippen molar-refractivity contribution in [3.8, 4) is 5.88 Å². The lowest BCUT2D eigenvalue weighted by atomic mass is 9.97. The highest BCUT2D eigenvalue weighted by Crippen LogP contribution is 2.30. The van der Waals surface area contributed by atoms with Gasteiger partial charge in [-0.25, -0.2) is 9.89 Å². The van der Waals surface area contributed by atoms with Crippen LogP contribution in [-0.2, 0) is 0 Å². The Morgan fingerprint density at radius 3 is 2.82 bits per heavy atom. The molecule has 0 saturated heterocycles. The van der Waals surface area contributed by atoms with Crippen molar-refractivity contribution in [2.45, 2.75) is 19.3 Å². The molecule has 1 heterocycles. The van der Waals surface area contributed by atoms with Gasteiger partial charge in [0.15, 0.2) is 0 Å². The maximum Gasteiger partial charge on any atom is 0.342 e. The van der Waals surface area contributed by atoms with Gasteiger partial charge in [-0.05, 0) is 31.2 Å². The molecule has 94 valence electrons. The number of rotatable bonds is 4. The number of hydrogen-bond acceptors (Lipinski definition) is 5. The van der Waals surface area contributed by atoms with E-state index in [1.807, 2.05) is 0 Å². The maximum absolute atomic E-state index is 11.3. The van der Waals surface area contributed by atoms with Gasteiger partial charge in [0.2, 0.25) is 0 Å². The Morgan fingerprint density at radius 2 is 2.12 bits per heavy atom. The molecule has 1 aliphatic carbocycles. The summed E-state index contributed by atoms with van der Waals surface area (Å²) in [6.45, 7) is 1.06. The van der Waals surface area contributed by atoms with E-state index < -0.39 is 11.2 Å². The van der Waals surface area contributed by atoms with Crippen LogP contribution in [0, 0.1) is 11.8 Å². The highest BCUT2D eigenvalue weighted by molar-refractivity contribution is 4.99. The Kier molecular flexibility index (Phi) is 3.58. The number of nitrogens with zero attached hydrogens (tertiary/aromatic N) is 1. The molecule has 2 unspecified atom stereocenters. The first-order valence-corrected chi connectivity index (χ1v) is 5.72. The van der Waals surface area contributed by atoms with Gasteiger partial charge in [0.1, 0.15) is 0 Å². The van der Waals surface area contributed by atoms with Crippen molar-refractivity contribution in [3.05, 3.63) is 20.8 Å². The molecule has 0 radical (unpaired) electrons. The van der Waals surface area contributed by atoms with Gasteiger partial charge >= 0.3 is 11.2 Å². The number of H-pyrrole nitrogens is 2. The molecule has 1 aromatic rings. The van der Waals surface area contributed by atoms with E-state index in [1.165, 1.54) is 0 Å². The lowest BCUT2D eigenvalue weighted by molar-refractivity contribution is 0.205. The summed E-state index contributed by atoms with van der Waals surface area (Å²) in [5, 5.41) is 5.69. The second-order valence-electron chi connectivity index (χ2n) is 4.31. The van der Waals surface area contributed by atoms with E-state index in [1.54, 1.807) is 0 Å². The van der Waals surface area contributed by atoms with Gasteiger partial charge in [0.05, 0.1) is 6.61 Å². The molecule has 0 aliphatic heterocycles. The van der Waals surface area contributed by atoms with Gasteiger partial charge in [0, 0.05) is 0 Å². The van der Waals surface area contributed by atoms with Gasteiger partial charge in [-0.1, -0.05) is 6.42 Å². The summed E-state index contributed by atoms with van der Waals surface area (Å²) in [7, 11) is 0. The third-order valence-electron chi connectivity index (χ3n) is 3.23. The van der Waals surface area contributed by atoms with E-state index in [-0.39, 0.29) is 5.88 Å². The van der Waals surface area contributed by atoms with E-state index in [2.05, 4.69) is 15.2 Å². The molecule has 2 atom stereocenters. The van der Waals surface area contributed by atoms with Crippen molar-refractivity contribution in [2.75, 3.05) is 13.2 Å². The van der Waals surface area contributed by atoms with Crippen LogP contribution in [0.2, 0.25) is 0 Å². The van der Waals surface area contributed by atoms with Crippen LogP contribution in [-0.4, -0.2) is 28.3 Å². The van der Waals surface area contributed by atoms with Crippen LogP contribution in [0.4, 0.5) is 0 Å². The summed E-state index contributed by atoms with van der Waals surface area (Å²) in [5.74, 6) is 0.734. The van der Waals surface area contributed by atoms with E-state index >= 15 is 0 Å². The Labute approximate surface area is 97.4 Å². The fourth-order valence-electron chi connectivity index (χ4n) is 2.26. The minimum atomic E-state index is -0.636. The molecule has 0 aromatic carbocycles. The van der Waals surface area contributed by atoms with E-state index in [0.29, 0.717) is 25.0 Å². The van der Waals surface area contributed by atoms with Gasteiger partial charge in [-0.15, -0.1) is 5.10 Å². The Balaban J connectivity index is 1.98. The summed E-state index contributed by atoms with van der Waals surface area (Å²) in [6.07, 6.45) is 3.31. The Bertz CT molecular complexity index is 481. The summed E-state index contributed by atoms with van der Waals surface area (Å²) in [4.78, 5) is 24.1. The molecule has 4 N–H and O–H groups in total. The van der Waals surface area contributed by atoms with Gasteiger partial charge in [-0.3, -0.25) is 9.78 Å².